The number of nitrogens with one attached hydrogen (secondary N) is 2. The van der Waals surface area contributed by atoms with Crippen LogP contribution in [0.3, 0.4) is 0 Å². The molecule has 0 aliphatic rings. The fourth-order valence-electron chi connectivity index (χ4n) is 4.19. The molecule has 1 amide bonds. The van der Waals surface area contributed by atoms with E-state index >= 15 is 0 Å². The highest BCUT2D eigenvalue weighted by atomic mass is 32.2. The number of carbonyl (C=O) groups excluding carboxylic acids is 1. The van der Waals surface area contributed by atoms with Crippen molar-refractivity contribution in [2.24, 2.45) is 0 Å². The van der Waals surface area contributed by atoms with Gasteiger partial charge in [-0.05, 0) is 62.4 Å². The van der Waals surface area contributed by atoms with Gasteiger partial charge in [-0.15, -0.1) is 11.8 Å². The molecular weight excluding hydrogens is 464 g/mol. The molecule has 6 heteroatoms. The molecule has 1 heterocycles. The minimum atomic E-state index is -0.0753. The van der Waals surface area contributed by atoms with E-state index in [1.165, 1.54) is 10.5 Å². The Hall–Kier alpha value is -3.35. The summed E-state index contributed by atoms with van der Waals surface area (Å²) in [4.78, 5) is 21.6. The first-order valence-electron chi connectivity index (χ1n) is 12.4. The molecule has 2 N–H and O–H groups in total. The number of anilines is 2. The lowest BCUT2D eigenvalue weighted by Crippen LogP contribution is -2.34. The lowest BCUT2D eigenvalue weighted by atomic mass is 10.1. The first kappa shape index (κ1) is 25.7. The summed E-state index contributed by atoms with van der Waals surface area (Å²) in [6, 6.07) is 28.8. The Labute approximate surface area is 218 Å². The number of rotatable bonds is 11. The standard InChI is InChI=1S/C30H34N4OS/c1-22(2)34(21-23-11-5-4-6-12-23)18-10-17-31-30(35)27-20-29(33-28-16-8-7-15-26(27)28)32-24-13-9-14-25(19-24)36-3/h4-9,11-16,19-20,22H,10,17-18,21H2,1-3H3,(H,31,35)(H,32,33). The van der Waals surface area contributed by atoms with Crippen molar-refractivity contribution in [2.45, 2.75) is 37.8 Å². The molecule has 4 rings (SSSR count). The van der Waals surface area contributed by atoms with E-state index < -0.39 is 0 Å². The molecule has 0 fully saturated rings. The predicted octanol–water partition coefficient (Wildman–Crippen LogP) is 6.73. The Balaban J connectivity index is 1.42. The largest absolute Gasteiger partial charge is 0.352 e. The number of pyridine rings is 1. The van der Waals surface area contributed by atoms with Gasteiger partial charge in [0.25, 0.3) is 5.91 Å². The molecule has 4 aromatic rings. The van der Waals surface area contributed by atoms with Gasteiger partial charge in [-0.1, -0.05) is 54.6 Å². The van der Waals surface area contributed by atoms with Crippen LogP contribution in [0.2, 0.25) is 0 Å². The van der Waals surface area contributed by atoms with Gasteiger partial charge in [-0.2, -0.15) is 0 Å². The summed E-state index contributed by atoms with van der Waals surface area (Å²) < 4.78 is 0. The number of hydrogen-bond donors (Lipinski definition) is 2. The molecule has 0 unspecified atom stereocenters. The zero-order valence-corrected chi connectivity index (χ0v) is 22.0. The van der Waals surface area contributed by atoms with Crippen LogP contribution in [0.1, 0.15) is 36.2 Å². The first-order chi connectivity index (χ1) is 17.5. The monoisotopic (exact) mass is 498 g/mol. The Morgan fingerprint density at radius 1 is 0.972 bits per heavy atom. The highest BCUT2D eigenvalue weighted by Crippen LogP contribution is 2.25. The maximum atomic E-state index is 13.2. The van der Waals surface area contributed by atoms with Crippen LogP contribution in [0.15, 0.2) is 89.8 Å². The molecule has 0 aliphatic heterocycles. The number of thioether (sulfide) groups is 1. The van der Waals surface area contributed by atoms with Crippen LogP contribution < -0.4 is 10.6 Å². The van der Waals surface area contributed by atoms with Gasteiger partial charge in [0.05, 0.1) is 11.1 Å². The Kier molecular flexibility index (Phi) is 8.98. The molecule has 36 heavy (non-hydrogen) atoms. The zero-order chi connectivity index (χ0) is 25.3. The molecule has 186 valence electrons. The molecule has 0 bridgehead atoms. The van der Waals surface area contributed by atoms with E-state index in [0.717, 1.165) is 36.1 Å². The van der Waals surface area contributed by atoms with Crippen molar-refractivity contribution in [3.8, 4) is 0 Å². The van der Waals surface area contributed by atoms with Gasteiger partial charge in [-0.25, -0.2) is 4.98 Å². The summed E-state index contributed by atoms with van der Waals surface area (Å²) in [5, 5.41) is 7.36. The van der Waals surface area contributed by atoms with Crippen molar-refractivity contribution in [2.75, 3.05) is 24.7 Å². The van der Waals surface area contributed by atoms with Crippen LogP contribution in [0.4, 0.5) is 11.5 Å². The highest BCUT2D eigenvalue weighted by molar-refractivity contribution is 7.98. The van der Waals surface area contributed by atoms with Crippen molar-refractivity contribution >= 4 is 40.1 Å². The molecule has 0 spiro atoms. The summed E-state index contributed by atoms with van der Waals surface area (Å²) in [6.07, 6.45) is 2.93. The molecule has 0 atom stereocenters. The van der Waals surface area contributed by atoms with Gasteiger partial charge >= 0.3 is 0 Å². The van der Waals surface area contributed by atoms with Gasteiger partial charge in [-0.3, -0.25) is 9.69 Å². The number of fused-ring (bicyclic) bond motifs is 1. The second kappa shape index (κ2) is 12.6. The Morgan fingerprint density at radius 2 is 1.75 bits per heavy atom. The Bertz CT molecular complexity index is 1290. The molecule has 3 aromatic carbocycles. The van der Waals surface area contributed by atoms with Crippen LogP contribution in [0, 0.1) is 0 Å². The van der Waals surface area contributed by atoms with Crippen LogP contribution in [0.25, 0.3) is 10.9 Å². The van der Waals surface area contributed by atoms with E-state index in [4.69, 9.17) is 4.98 Å². The smallest absolute Gasteiger partial charge is 0.252 e. The van der Waals surface area contributed by atoms with Crippen molar-refractivity contribution in [1.29, 1.82) is 0 Å². The number of hydrogen-bond acceptors (Lipinski definition) is 5. The van der Waals surface area contributed by atoms with Crippen molar-refractivity contribution in [3.05, 3.63) is 96.1 Å². The maximum Gasteiger partial charge on any atom is 0.252 e. The summed E-state index contributed by atoms with van der Waals surface area (Å²) in [7, 11) is 0. The van der Waals surface area contributed by atoms with Crippen LogP contribution in [0.5, 0.6) is 0 Å². The van der Waals surface area contributed by atoms with Gasteiger partial charge in [0.1, 0.15) is 5.82 Å². The topological polar surface area (TPSA) is 57.3 Å². The molecule has 0 radical (unpaired) electrons. The van der Waals surface area contributed by atoms with E-state index in [-0.39, 0.29) is 5.91 Å². The van der Waals surface area contributed by atoms with Crippen LogP contribution >= 0.6 is 11.8 Å². The SMILES string of the molecule is CSc1cccc(Nc2cc(C(=O)NCCCN(Cc3ccccc3)C(C)C)c3ccccc3n2)c1. The molecule has 0 saturated heterocycles. The third-order valence-corrected chi connectivity index (χ3v) is 6.89. The van der Waals surface area contributed by atoms with E-state index in [2.05, 4.69) is 72.0 Å². The number of para-hydroxylation sites is 1. The predicted molar refractivity (Wildman–Crippen MR) is 152 cm³/mol. The molecular formula is C30H34N4OS. The first-order valence-corrected chi connectivity index (χ1v) is 13.6. The van der Waals surface area contributed by atoms with Crippen molar-refractivity contribution in [3.63, 3.8) is 0 Å². The minimum absolute atomic E-state index is 0.0753. The second-order valence-electron chi connectivity index (χ2n) is 9.09. The minimum Gasteiger partial charge on any atom is -0.352 e. The lowest BCUT2D eigenvalue weighted by molar-refractivity contribution is 0.0952. The molecule has 0 saturated carbocycles. The summed E-state index contributed by atoms with van der Waals surface area (Å²) in [6.45, 7) is 6.88. The fraction of sp³-hybridized carbons (Fsp3) is 0.267. The van der Waals surface area contributed by atoms with E-state index in [1.54, 1.807) is 11.8 Å². The van der Waals surface area contributed by atoms with E-state index in [0.29, 0.717) is 24.0 Å². The van der Waals surface area contributed by atoms with Gasteiger partial charge < -0.3 is 10.6 Å². The Morgan fingerprint density at radius 3 is 2.53 bits per heavy atom. The van der Waals surface area contributed by atoms with Gasteiger partial charge in [0, 0.05) is 41.6 Å². The van der Waals surface area contributed by atoms with Gasteiger partial charge in [0.15, 0.2) is 0 Å². The lowest BCUT2D eigenvalue weighted by Gasteiger charge is -2.26. The number of amides is 1. The summed E-state index contributed by atoms with van der Waals surface area (Å²) >= 11 is 1.69. The van der Waals surface area contributed by atoms with Crippen molar-refractivity contribution in [1.82, 2.24) is 15.2 Å². The van der Waals surface area contributed by atoms with Crippen molar-refractivity contribution < 1.29 is 4.79 Å². The van der Waals surface area contributed by atoms with E-state index in [1.807, 2.05) is 48.5 Å². The molecule has 5 nitrogen and oxygen atoms in total. The average Bonchev–Trinajstić information content (AvgIpc) is 2.90. The average molecular weight is 499 g/mol. The number of nitrogens with zero attached hydrogens (tertiary/aromatic N) is 2. The molecule has 1 aromatic heterocycles. The maximum absolute atomic E-state index is 13.2. The highest BCUT2D eigenvalue weighted by Gasteiger charge is 2.14. The normalized spacial score (nSPS) is 11.2. The number of benzene rings is 3. The fourth-order valence-corrected chi connectivity index (χ4v) is 4.65. The summed E-state index contributed by atoms with van der Waals surface area (Å²) in [5.41, 5.74) is 3.68. The molecule has 0 aliphatic carbocycles. The quantitative estimate of drug-likeness (QED) is 0.177. The third-order valence-electron chi connectivity index (χ3n) is 6.17. The van der Waals surface area contributed by atoms with Crippen LogP contribution in [-0.4, -0.2) is 41.2 Å². The summed E-state index contributed by atoms with van der Waals surface area (Å²) in [5.74, 6) is 0.583. The number of carbonyl (C=O) groups is 1. The number of aromatic nitrogens is 1. The third kappa shape index (κ3) is 6.86. The zero-order valence-electron chi connectivity index (χ0n) is 21.2. The second-order valence-corrected chi connectivity index (χ2v) is 9.97. The van der Waals surface area contributed by atoms with E-state index in [9.17, 15) is 4.79 Å². The van der Waals surface area contributed by atoms with Crippen LogP contribution in [-0.2, 0) is 6.54 Å². The van der Waals surface area contributed by atoms with Gasteiger partial charge in [0.2, 0.25) is 0 Å².